The van der Waals surface area contributed by atoms with Crippen molar-refractivity contribution in [3.63, 3.8) is 0 Å². The van der Waals surface area contributed by atoms with Crippen LogP contribution in [-0.4, -0.2) is 13.1 Å². The van der Waals surface area contributed by atoms with Gasteiger partial charge in [0.2, 0.25) is 11.4 Å². The molecule has 254 valence electrons. The van der Waals surface area contributed by atoms with Gasteiger partial charge in [0.25, 0.3) is 11.4 Å². The van der Waals surface area contributed by atoms with E-state index in [1.807, 2.05) is 36.4 Å². The molecule has 1 aromatic heterocycles. The van der Waals surface area contributed by atoms with Crippen molar-refractivity contribution in [1.82, 2.24) is 14.1 Å². The Morgan fingerprint density at radius 2 is 0.939 bits per heavy atom. The van der Waals surface area contributed by atoms with Crippen LogP contribution in [-0.2, 0) is 22.4 Å². The fourth-order valence-electron chi connectivity index (χ4n) is 6.81. The molecule has 5 heteroatoms. The molecule has 0 fully saturated rings. The first-order chi connectivity index (χ1) is 23.1. The van der Waals surface area contributed by atoms with Gasteiger partial charge >= 0.3 is 28.4 Å². The third-order valence-corrected chi connectivity index (χ3v) is 9.33. The Hall–Kier alpha value is -4.18. The molecule has 2 heterocycles. The second-order valence-electron chi connectivity index (χ2n) is 14.0. The van der Waals surface area contributed by atoms with Crippen LogP contribution in [0.5, 0.6) is 5.75 Å². The van der Waals surface area contributed by atoms with E-state index in [1.165, 1.54) is 50.4 Å². The number of nitrogens with zero attached hydrogens (tertiary/aromatic N) is 3. The average molecular weight is 832 g/mol. The fourth-order valence-corrected chi connectivity index (χ4v) is 6.81. The summed E-state index contributed by atoms with van der Waals surface area (Å²) in [7, 11) is 1.68. The molecule has 0 amide bonds. The molecule has 6 aromatic rings. The van der Waals surface area contributed by atoms with Crippen LogP contribution in [0.25, 0.3) is 21.8 Å². The number of ether oxygens (including phenoxy) is 1. The Kier molecular flexibility index (Phi) is 11.2. The fraction of sp³-hybridized carbons (Fsp3) is 0.295. The SMILES string of the molecule is CC(C)c1cccc(C(C)C)c1[N+]1=C=[N+](c2c(C(C)C)cccc2C(C)C)c2ccccc21.COc1ccc2[n-]c3ccccc3c2c1.[Au+]. The summed E-state index contributed by atoms with van der Waals surface area (Å²) in [5.41, 5.74) is 12.5. The van der Waals surface area contributed by atoms with E-state index in [-0.39, 0.29) is 22.4 Å². The molecule has 1 aliphatic heterocycles. The van der Waals surface area contributed by atoms with Crippen molar-refractivity contribution in [1.29, 1.82) is 0 Å². The molecule has 0 saturated heterocycles. The van der Waals surface area contributed by atoms with Gasteiger partial charge in [0.1, 0.15) is 5.75 Å². The van der Waals surface area contributed by atoms with E-state index in [2.05, 4.69) is 142 Å². The van der Waals surface area contributed by atoms with E-state index in [1.54, 1.807) is 7.11 Å². The first-order valence-corrected chi connectivity index (χ1v) is 17.3. The van der Waals surface area contributed by atoms with Crippen molar-refractivity contribution in [2.24, 2.45) is 0 Å². The quantitative estimate of drug-likeness (QED) is 0.118. The minimum Gasteiger partial charge on any atom is -0.657 e. The van der Waals surface area contributed by atoms with Gasteiger partial charge in [0.15, 0.2) is 0 Å². The maximum absolute atomic E-state index is 5.21. The van der Waals surface area contributed by atoms with Crippen LogP contribution in [0.15, 0.2) is 103 Å². The van der Waals surface area contributed by atoms with Crippen LogP contribution in [0.4, 0.5) is 22.7 Å². The van der Waals surface area contributed by atoms with Crippen LogP contribution in [0.1, 0.15) is 101 Å². The van der Waals surface area contributed by atoms with Gasteiger partial charge in [-0.3, -0.25) is 0 Å². The van der Waals surface area contributed by atoms with Crippen molar-refractivity contribution in [2.45, 2.75) is 79.1 Å². The molecule has 0 radical (unpaired) electrons. The maximum atomic E-state index is 5.21. The molecule has 1 aliphatic rings. The molecule has 49 heavy (non-hydrogen) atoms. The van der Waals surface area contributed by atoms with E-state index in [9.17, 15) is 0 Å². The number of hydrogen-bond acceptors (Lipinski definition) is 1. The minimum atomic E-state index is 0. The van der Waals surface area contributed by atoms with Crippen LogP contribution >= 0.6 is 0 Å². The first kappa shape index (κ1) is 36.1. The normalized spacial score (nSPS) is 12.3. The number of hydrogen-bond donors (Lipinski definition) is 0. The Bertz CT molecular complexity index is 2030. The van der Waals surface area contributed by atoms with Gasteiger partial charge in [-0.2, -0.15) is 0 Å². The maximum Gasteiger partial charge on any atom is 1.00 e. The monoisotopic (exact) mass is 831 g/mol. The number of fused-ring (bicyclic) bond motifs is 4. The largest absolute Gasteiger partial charge is 1.00 e. The number of benzene rings is 5. The van der Waals surface area contributed by atoms with Crippen molar-refractivity contribution >= 4 is 50.6 Å². The van der Waals surface area contributed by atoms with Crippen molar-refractivity contribution < 1.29 is 27.1 Å². The molecule has 5 aromatic carbocycles. The summed E-state index contributed by atoms with van der Waals surface area (Å²) in [5.74, 6) is 2.58. The smallest absolute Gasteiger partial charge is 0.657 e. The summed E-state index contributed by atoms with van der Waals surface area (Å²) in [6, 6.07) is 40.2. The molecule has 7 rings (SSSR count). The van der Waals surface area contributed by atoms with E-state index in [0.29, 0.717) is 23.7 Å². The van der Waals surface area contributed by atoms with Gasteiger partial charge in [-0.25, -0.2) is 0 Å². The number of para-hydroxylation sites is 5. The second kappa shape index (κ2) is 15.2. The number of methoxy groups -OCH3 is 1. The summed E-state index contributed by atoms with van der Waals surface area (Å²) in [4.78, 5) is 4.54. The zero-order valence-corrected chi connectivity index (χ0v) is 32.3. The second-order valence-corrected chi connectivity index (χ2v) is 14.0. The summed E-state index contributed by atoms with van der Waals surface area (Å²) < 4.78 is 9.85. The van der Waals surface area contributed by atoms with E-state index in [4.69, 9.17) is 4.74 Å². The van der Waals surface area contributed by atoms with Crippen LogP contribution in [0, 0.1) is 0 Å². The third kappa shape index (κ3) is 6.98. The van der Waals surface area contributed by atoms with Crippen LogP contribution < -0.4 is 18.9 Å². The zero-order valence-electron chi connectivity index (χ0n) is 30.2. The van der Waals surface area contributed by atoms with E-state index >= 15 is 0 Å². The van der Waals surface area contributed by atoms with Gasteiger partial charge in [0, 0.05) is 34.4 Å². The Morgan fingerprint density at radius 3 is 1.39 bits per heavy atom. The molecule has 4 nitrogen and oxygen atoms in total. The minimum absolute atomic E-state index is 0. The molecular weight excluding hydrogens is 783 g/mol. The van der Waals surface area contributed by atoms with E-state index in [0.717, 1.165) is 22.2 Å². The predicted octanol–water partition coefficient (Wildman–Crippen LogP) is 12.0. The summed E-state index contributed by atoms with van der Waals surface area (Å²) in [5, 5.41) is 2.34. The van der Waals surface area contributed by atoms with Gasteiger partial charge < -0.3 is 9.72 Å². The Balaban J connectivity index is 0.000000243. The molecule has 0 saturated carbocycles. The topological polar surface area (TPSA) is 29.4 Å². The van der Waals surface area contributed by atoms with Gasteiger partial charge in [-0.05, 0) is 55.7 Å². The average Bonchev–Trinajstić information content (AvgIpc) is 3.66. The van der Waals surface area contributed by atoms with Crippen molar-refractivity contribution in [3.05, 3.63) is 125 Å². The molecule has 0 aliphatic carbocycles. The molecular formula is C44H48AuN3O+2. The molecule has 0 spiro atoms. The van der Waals surface area contributed by atoms with Crippen LogP contribution in [0.2, 0.25) is 0 Å². The van der Waals surface area contributed by atoms with Gasteiger partial charge in [-0.1, -0.05) is 134 Å². The molecule has 0 bridgehead atoms. The van der Waals surface area contributed by atoms with Crippen molar-refractivity contribution in [2.75, 3.05) is 7.11 Å². The summed E-state index contributed by atoms with van der Waals surface area (Å²) in [6.07, 6.45) is 0. The zero-order chi connectivity index (χ0) is 34.1. The number of aromatic nitrogens is 1. The van der Waals surface area contributed by atoms with Gasteiger partial charge in [-0.15, -0.1) is 11.0 Å². The number of rotatable bonds is 7. The summed E-state index contributed by atoms with van der Waals surface area (Å²) >= 11 is 0. The molecule has 0 N–H and O–H groups in total. The van der Waals surface area contributed by atoms with E-state index < -0.39 is 0 Å². The van der Waals surface area contributed by atoms with Crippen LogP contribution in [0.3, 0.4) is 0 Å². The standard InChI is InChI=1S/C31H38N2.C13H10NO.Au/c1-20(2)24-13-11-14-25(21(3)4)30(24)32-19-33(29-18-10-9-17-28(29)32)31-26(22(5)6)15-12-16-27(31)23(7)8;1-15-9-6-7-13-11(8-9)10-4-2-3-5-12(10)14-13;/h9-18,20-23H,1-8H3;2-8H,1H3;/q+2;-1;+1. The molecule has 0 atom stereocenters. The Labute approximate surface area is 307 Å². The van der Waals surface area contributed by atoms with Gasteiger partial charge in [0.05, 0.1) is 7.11 Å². The Morgan fingerprint density at radius 1 is 0.510 bits per heavy atom. The third-order valence-electron chi connectivity index (χ3n) is 9.33. The van der Waals surface area contributed by atoms with Crippen molar-refractivity contribution in [3.8, 4) is 5.75 Å². The first-order valence-electron chi connectivity index (χ1n) is 17.3. The summed E-state index contributed by atoms with van der Waals surface area (Å²) in [6.45, 7) is 18.3. The predicted molar refractivity (Wildman–Crippen MR) is 205 cm³/mol. The molecule has 0 unspecified atom stereocenters.